The van der Waals surface area contributed by atoms with E-state index < -0.39 is 4.92 Å². The number of pyridine rings is 1. The normalized spacial score (nSPS) is 10.6. The lowest BCUT2D eigenvalue weighted by Crippen LogP contribution is -2.16. The summed E-state index contributed by atoms with van der Waals surface area (Å²) in [7, 11) is 0. The van der Waals surface area contributed by atoms with Crippen LogP contribution >= 0.6 is 11.8 Å². The maximum atomic E-state index is 11.5. The molecule has 0 radical (unpaired) electrons. The predicted octanol–water partition coefficient (Wildman–Crippen LogP) is 1.48. The largest absolute Gasteiger partial charge is 0.370 e. The minimum Gasteiger partial charge on any atom is -0.370 e. The van der Waals surface area contributed by atoms with Gasteiger partial charge in [0.1, 0.15) is 10.8 Å². The fraction of sp³-hybridized carbons (Fsp3) is 0.364. The van der Waals surface area contributed by atoms with Crippen LogP contribution in [0, 0.1) is 10.1 Å². The molecule has 0 atom stereocenters. The highest BCUT2D eigenvalue weighted by Gasteiger charge is 2.15. The third-order valence-electron chi connectivity index (χ3n) is 2.59. The monoisotopic (exact) mass is 310 g/mol. The summed E-state index contributed by atoms with van der Waals surface area (Å²) in [4.78, 5) is 26.2. The zero-order chi connectivity index (χ0) is 15.4. The Balaban J connectivity index is 2.38. The molecule has 0 spiro atoms. The Morgan fingerprint density at radius 2 is 2.24 bits per heavy atom. The van der Waals surface area contributed by atoms with Gasteiger partial charge in [0.2, 0.25) is 0 Å². The summed E-state index contributed by atoms with van der Waals surface area (Å²) in [6.45, 7) is 4.73. The highest BCUT2D eigenvalue weighted by atomic mass is 32.2. The standard InChI is InChI=1S/C11H14N6O3S/c1-3-12-8-5-7(17(19)20)6-9(13-8)21-11-15-14-10(18)16(11)4-2/h5-6H,3-4H2,1-2H3,(H,12,13)(H,14,18). The quantitative estimate of drug-likeness (QED) is 0.612. The molecule has 2 aromatic heterocycles. The van der Waals surface area contributed by atoms with Crippen LogP contribution in [0.2, 0.25) is 0 Å². The Morgan fingerprint density at radius 1 is 1.48 bits per heavy atom. The maximum absolute atomic E-state index is 11.5. The summed E-state index contributed by atoms with van der Waals surface area (Å²) >= 11 is 1.10. The number of hydrogen-bond donors (Lipinski definition) is 2. The Hall–Kier alpha value is -2.36. The highest BCUT2D eigenvalue weighted by Crippen LogP contribution is 2.28. The van der Waals surface area contributed by atoms with E-state index >= 15 is 0 Å². The molecule has 10 heteroatoms. The summed E-state index contributed by atoms with van der Waals surface area (Å²) in [5, 5.41) is 20.9. The van der Waals surface area contributed by atoms with Crippen molar-refractivity contribution in [2.45, 2.75) is 30.6 Å². The lowest BCUT2D eigenvalue weighted by Gasteiger charge is -2.06. The van der Waals surface area contributed by atoms with Gasteiger partial charge in [-0.25, -0.2) is 14.9 Å². The van der Waals surface area contributed by atoms with Crippen LogP contribution < -0.4 is 11.0 Å². The summed E-state index contributed by atoms with van der Waals surface area (Å²) in [5.41, 5.74) is -0.387. The van der Waals surface area contributed by atoms with Crippen LogP contribution in [0.3, 0.4) is 0 Å². The highest BCUT2D eigenvalue weighted by molar-refractivity contribution is 7.99. The minimum atomic E-state index is -0.482. The molecule has 0 amide bonds. The Morgan fingerprint density at radius 3 is 2.86 bits per heavy atom. The molecule has 2 heterocycles. The smallest absolute Gasteiger partial charge is 0.343 e. The Labute approximate surface area is 123 Å². The number of aromatic amines is 1. The van der Waals surface area contributed by atoms with Gasteiger partial charge in [-0.2, -0.15) is 0 Å². The molecule has 0 bridgehead atoms. The summed E-state index contributed by atoms with van der Waals surface area (Å²) < 4.78 is 1.43. The van der Waals surface area contributed by atoms with Crippen molar-refractivity contribution < 1.29 is 4.92 Å². The van der Waals surface area contributed by atoms with Crippen LogP contribution in [0.25, 0.3) is 0 Å². The van der Waals surface area contributed by atoms with Crippen molar-refractivity contribution in [1.82, 2.24) is 19.7 Å². The second-order valence-corrected chi connectivity index (χ2v) is 4.98. The number of nitro groups is 1. The van der Waals surface area contributed by atoms with E-state index in [0.29, 0.717) is 29.1 Å². The molecule has 2 N–H and O–H groups in total. The molecule has 0 saturated heterocycles. The summed E-state index contributed by atoms with van der Waals surface area (Å²) in [5.74, 6) is 0.412. The number of nitrogens with one attached hydrogen (secondary N) is 2. The van der Waals surface area contributed by atoms with Crippen LogP contribution in [0.4, 0.5) is 11.5 Å². The van der Waals surface area contributed by atoms with E-state index in [9.17, 15) is 14.9 Å². The van der Waals surface area contributed by atoms with Crippen LogP contribution in [-0.4, -0.2) is 31.2 Å². The van der Waals surface area contributed by atoms with Crippen molar-refractivity contribution in [3.8, 4) is 0 Å². The third-order valence-corrected chi connectivity index (χ3v) is 3.50. The molecular weight excluding hydrogens is 296 g/mol. The van der Waals surface area contributed by atoms with E-state index in [1.807, 2.05) is 13.8 Å². The Kier molecular flexibility index (Phi) is 4.58. The molecule has 2 aromatic rings. The molecule has 0 aliphatic carbocycles. The van der Waals surface area contributed by atoms with Crippen LogP contribution in [0.15, 0.2) is 27.1 Å². The summed E-state index contributed by atoms with van der Waals surface area (Å²) in [6.07, 6.45) is 0. The molecule has 21 heavy (non-hydrogen) atoms. The van der Waals surface area contributed by atoms with E-state index in [-0.39, 0.29) is 11.4 Å². The van der Waals surface area contributed by atoms with Crippen molar-refractivity contribution in [3.05, 3.63) is 32.7 Å². The number of hydrogen-bond acceptors (Lipinski definition) is 7. The number of H-pyrrole nitrogens is 1. The van der Waals surface area contributed by atoms with Gasteiger partial charge in [-0.1, -0.05) is 0 Å². The number of aromatic nitrogens is 4. The van der Waals surface area contributed by atoms with E-state index in [0.717, 1.165) is 11.8 Å². The zero-order valence-electron chi connectivity index (χ0n) is 11.5. The van der Waals surface area contributed by atoms with Gasteiger partial charge in [0.25, 0.3) is 5.69 Å². The second-order valence-electron chi connectivity index (χ2n) is 3.99. The lowest BCUT2D eigenvalue weighted by molar-refractivity contribution is -0.385. The van der Waals surface area contributed by atoms with Gasteiger partial charge in [0.15, 0.2) is 5.16 Å². The Bertz CT molecular complexity index is 710. The van der Waals surface area contributed by atoms with Crippen molar-refractivity contribution in [2.24, 2.45) is 0 Å². The van der Waals surface area contributed by atoms with E-state index in [2.05, 4.69) is 20.5 Å². The van der Waals surface area contributed by atoms with Gasteiger partial charge < -0.3 is 5.32 Å². The molecule has 0 aliphatic rings. The minimum absolute atomic E-state index is 0.0654. The summed E-state index contributed by atoms with van der Waals surface area (Å²) in [6, 6.07) is 2.72. The van der Waals surface area contributed by atoms with Gasteiger partial charge in [0.05, 0.1) is 11.0 Å². The average molecular weight is 310 g/mol. The van der Waals surface area contributed by atoms with E-state index in [1.54, 1.807) is 0 Å². The molecule has 2 rings (SSSR count). The predicted molar refractivity (Wildman–Crippen MR) is 77.7 cm³/mol. The number of anilines is 1. The van der Waals surface area contributed by atoms with Gasteiger partial charge in [-0.15, -0.1) is 5.10 Å². The van der Waals surface area contributed by atoms with E-state index in [1.165, 1.54) is 16.7 Å². The molecule has 0 aromatic carbocycles. The van der Waals surface area contributed by atoms with Gasteiger partial charge >= 0.3 is 5.69 Å². The molecule has 0 fully saturated rings. The average Bonchev–Trinajstić information content (AvgIpc) is 2.79. The molecule has 9 nitrogen and oxygen atoms in total. The topological polar surface area (TPSA) is 119 Å². The van der Waals surface area contributed by atoms with Gasteiger partial charge in [-0.3, -0.25) is 14.7 Å². The fourth-order valence-electron chi connectivity index (χ4n) is 1.67. The van der Waals surface area contributed by atoms with Gasteiger partial charge in [0, 0.05) is 19.2 Å². The lowest BCUT2D eigenvalue weighted by atomic mass is 10.4. The molecular formula is C11H14N6O3S. The van der Waals surface area contributed by atoms with Crippen LogP contribution in [-0.2, 0) is 6.54 Å². The number of nitrogens with zero attached hydrogens (tertiary/aromatic N) is 4. The first-order chi connectivity index (χ1) is 10.0. The van der Waals surface area contributed by atoms with Crippen molar-refractivity contribution >= 4 is 23.3 Å². The first kappa shape index (κ1) is 15.0. The molecule has 0 aliphatic heterocycles. The SMILES string of the molecule is CCNc1cc([N+](=O)[O-])cc(Sc2n[nH]c(=O)n2CC)n1. The first-order valence-electron chi connectivity index (χ1n) is 6.28. The van der Waals surface area contributed by atoms with Crippen LogP contribution in [0.1, 0.15) is 13.8 Å². The van der Waals surface area contributed by atoms with Crippen LogP contribution in [0.5, 0.6) is 0 Å². The third kappa shape index (κ3) is 3.40. The maximum Gasteiger partial charge on any atom is 0.343 e. The van der Waals surface area contributed by atoms with Gasteiger partial charge in [-0.05, 0) is 25.6 Å². The number of rotatable bonds is 6. The zero-order valence-corrected chi connectivity index (χ0v) is 12.3. The molecule has 0 saturated carbocycles. The second kappa shape index (κ2) is 6.39. The fourth-order valence-corrected chi connectivity index (χ4v) is 2.60. The van der Waals surface area contributed by atoms with Crippen molar-refractivity contribution in [2.75, 3.05) is 11.9 Å². The van der Waals surface area contributed by atoms with Crippen molar-refractivity contribution in [1.29, 1.82) is 0 Å². The molecule has 112 valence electrons. The van der Waals surface area contributed by atoms with Crippen molar-refractivity contribution in [3.63, 3.8) is 0 Å². The molecule has 0 unspecified atom stereocenters. The van der Waals surface area contributed by atoms with E-state index in [4.69, 9.17) is 0 Å². The first-order valence-corrected chi connectivity index (χ1v) is 7.10.